The third-order valence-electron chi connectivity index (χ3n) is 4.16. The minimum atomic E-state index is -1.34. The Labute approximate surface area is 175 Å². The van der Waals surface area contributed by atoms with Gasteiger partial charge < -0.3 is 23.7 Å². The van der Waals surface area contributed by atoms with E-state index in [1.165, 1.54) is 6.92 Å². The molecule has 1 aromatic heterocycles. The highest BCUT2D eigenvalue weighted by molar-refractivity contribution is 5.89. The number of hydrogen-bond donors (Lipinski definition) is 0. The van der Waals surface area contributed by atoms with E-state index in [4.69, 9.17) is 23.7 Å². The van der Waals surface area contributed by atoms with Gasteiger partial charge in [-0.3, -0.25) is 14.6 Å². The second kappa shape index (κ2) is 9.36. The Balaban J connectivity index is 2.37. The van der Waals surface area contributed by atoms with Gasteiger partial charge in [0.15, 0.2) is 6.10 Å². The van der Waals surface area contributed by atoms with Crippen LogP contribution in [0.1, 0.15) is 40.3 Å². The Morgan fingerprint density at radius 2 is 2.03 bits per heavy atom. The van der Waals surface area contributed by atoms with Crippen LogP contribution in [0, 0.1) is 0 Å². The van der Waals surface area contributed by atoms with Gasteiger partial charge in [0.1, 0.15) is 24.4 Å². The summed E-state index contributed by atoms with van der Waals surface area (Å²) in [7, 11) is 0. The molecular weight excluding hydrogens is 394 g/mol. The molecule has 30 heavy (non-hydrogen) atoms. The lowest BCUT2D eigenvalue weighted by molar-refractivity contribution is -0.186. The molecule has 4 atom stereocenters. The highest BCUT2D eigenvalue weighted by Crippen LogP contribution is 2.39. The van der Waals surface area contributed by atoms with Crippen molar-refractivity contribution in [3.05, 3.63) is 42.2 Å². The maximum absolute atomic E-state index is 12.6. The molecule has 9 heteroatoms. The highest BCUT2D eigenvalue weighted by atomic mass is 16.8. The van der Waals surface area contributed by atoms with Gasteiger partial charge in [0, 0.05) is 13.1 Å². The number of nitrogens with zero attached hydrogens (tertiary/aromatic N) is 1. The summed E-state index contributed by atoms with van der Waals surface area (Å²) in [6.07, 6.45) is -1.55. The molecule has 2 rings (SSSR count). The van der Waals surface area contributed by atoms with Crippen molar-refractivity contribution < 1.29 is 38.1 Å². The van der Waals surface area contributed by atoms with Gasteiger partial charge in [-0.2, -0.15) is 0 Å². The number of carbonyl (C=O) groups is 3. The van der Waals surface area contributed by atoms with Crippen molar-refractivity contribution in [2.75, 3.05) is 6.61 Å². The first-order valence-corrected chi connectivity index (χ1v) is 9.38. The Morgan fingerprint density at radius 3 is 2.57 bits per heavy atom. The van der Waals surface area contributed by atoms with Crippen molar-refractivity contribution in [3.63, 3.8) is 0 Å². The molecule has 0 amide bonds. The zero-order valence-electron chi connectivity index (χ0n) is 17.7. The van der Waals surface area contributed by atoms with Crippen LogP contribution in [-0.4, -0.2) is 53.9 Å². The van der Waals surface area contributed by atoms with Crippen LogP contribution >= 0.6 is 0 Å². The molecule has 0 saturated carbocycles. The van der Waals surface area contributed by atoms with Crippen LogP contribution in [0.5, 0.6) is 0 Å². The van der Waals surface area contributed by atoms with Crippen molar-refractivity contribution >= 4 is 18.4 Å². The molecule has 1 fully saturated rings. The first-order valence-electron chi connectivity index (χ1n) is 9.38. The van der Waals surface area contributed by atoms with Gasteiger partial charge >= 0.3 is 11.9 Å². The molecule has 0 aliphatic carbocycles. The SMILES string of the molecule is C=C(C(=O)OC(C)(C)C)C(OC(C)=O)C1OC(C)(c2ccccn2)OC1COC=O. The third-order valence-corrected chi connectivity index (χ3v) is 4.16. The summed E-state index contributed by atoms with van der Waals surface area (Å²) in [4.78, 5) is 39.3. The van der Waals surface area contributed by atoms with Gasteiger partial charge in [0.2, 0.25) is 5.79 Å². The minimum Gasteiger partial charge on any atom is -0.465 e. The van der Waals surface area contributed by atoms with Crippen molar-refractivity contribution in [1.29, 1.82) is 0 Å². The zero-order valence-corrected chi connectivity index (χ0v) is 17.7. The number of rotatable bonds is 8. The molecule has 4 unspecified atom stereocenters. The molecule has 1 aromatic rings. The Morgan fingerprint density at radius 1 is 1.33 bits per heavy atom. The van der Waals surface area contributed by atoms with Gasteiger partial charge in [-0.05, 0) is 39.8 Å². The Hall–Kier alpha value is -2.78. The molecule has 0 bridgehead atoms. The molecule has 1 saturated heterocycles. The first kappa shape index (κ1) is 23.5. The van der Waals surface area contributed by atoms with Crippen molar-refractivity contribution in [2.24, 2.45) is 0 Å². The van der Waals surface area contributed by atoms with E-state index in [1.807, 2.05) is 0 Å². The maximum atomic E-state index is 12.6. The molecule has 2 heterocycles. The molecular formula is C21H27NO8. The predicted molar refractivity (Wildman–Crippen MR) is 104 cm³/mol. The van der Waals surface area contributed by atoms with Gasteiger partial charge in [-0.1, -0.05) is 12.6 Å². The lowest BCUT2D eigenvalue weighted by atomic mass is 10.0. The van der Waals surface area contributed by atoms with E-state index in [-0.39, 0.29) is 18.7 Å². The van der Waals surface area contributed by atoms with Gasteiger partial charge in [-0.15, -0.1) is 0 Å². The van der Waals surface area contributed by atoms with Crippen LogP contribution in [0.4, 0.5) is 0 Å². The number of esters is 2. The first-order chi connectivity index (χ1) is 14.0. The fourth-order valence-corrected chi connectivity index (χ4v) is 2.97. The number of ether oxygens (including phenoxy) is 5. The largest absolute Gasteiger partial charge is 0.465 e. The Kier molecular flexibility index (Phi) is 7.33. The van der Waals surface area contributed by atoms with Crippen LogP contribution in [0.3, 0.4) is 0 Å². The van der Waals surface area contributed by atoms with E-state index in [0.717, 1.165) is 0 Å². The minimum absolute atomic E-state index is 0.130. The standard InChI is InChI=1S/C21H27NO8/c1-13(19(25)30-20(3,4)5)17(27-14(2)24)18-15(11-26-12-23)28-21(6,29-18)16-9-7-8-10-22-16/h7-10,12,15,17-18H,1,11H2,2-6H3. The van der Waals surface area contributed by atoms with E-state index in [9.17, 15) is 14.4 Å². The van der Waals surface area contributed by atoms with Gasteiger partial charge in [0.05, 0.1) is 11.3 Å². The normalized spacial score (nSPS) is 24.6. The number of hydrogen-bond acceptors (Lipinski definition) is 9. The van der Waals surface area contributed by atoms with Crippen LogP contribution in [-0.2, 0) is 43.9 Å². The lowest BCUT2D eigenvalue weighted by Gasteiger charge is -2.28. The monoisotopic (exact) mass is 421 g/mol. The van der Waals surface area contributed by atoms with Crippen LogP contribution in [0.25, 0.3) is 0 Å². The second-order valence-corrected chi connectivity index (χ2v) is 7.89. The van der Waals surface area contributed by atoms with E-state index >= 15 is 0 Å². The Bertz CT molecular complexity index is 788. The smallest absolute Gasteiger partial charge is 0.337 e. The zero-order chi connectivity index (χ0) is 22.5. The maximum Gasteiger partial charge on any atom is 0.337 e. The van der Waals surface area contributed by atoms with E-state index in [1.54, 1.807) is 52.1 Å². The molecule has 9 nitrogen and oxygen atoms in total. The fraction of sp³-hybridized carbons (Fsp3) is 0.524. The van der Waals surface area contributed by atoms with E-state index < -0.39 is 41.6 Å². The summed E-state index contributed by atoms with van der Waals surface area (Å²) < 4.78 is 27.6. The summed E-state index contributed by atoms with van der Waals surface area (Å²) in [5.74, 6) is -2.75. The fourth-order valence-electron chi connectivity index (χ4n) is 2.97. The van der Waals surface area contributed by atoms with Crippen molar-refractivity contribution in [2.45, 2.75) is 64.3 Å². The molecule has 0 N–H and O–H groups in total. The summed E-state index contributed by atoms with van der Waals surface area (Å²) >= 11 is 0. The van der Waals surface area contributed by atoms with Crippen LogP contribution < -0.4 is 0 Å². The second-order valence-electron chi connectivity index (χ2n) is 7.89. The summed E-state index contributed by atoms with van der Waals surface area (Å²) in [6.45, 7) is 11.8. The molecule has 0 aromatic carbocycles. The highest BCUT2D eigenvalue weighted by Gasteiger charge is 2.52. The topological polar surface area (TPSA) is 110 Å². The number of aromatic nitrogens is 1. The summed E-state index contributed by atoms with van der Waals surface area (Å²) in [6, 6.07) is 5.19. The molecule has 0 spiro atoms. The third kappa shape index (κ3) is 5.87. The molecule has 1 aliphatic heterocycles. The number of pyridine rings is 1. The summed E-state index contributed by atoms with van der Waals surface area (Å²) in [5.41, 5.74) is -0.459. The quantitative estimate of drug-likeness (QED) is 0.269. The van der Waals surface area contributed by atoms with Crippen molar-refractivity contribution in [3.8, 4) is 0 Å². The molecule has 1 aliphatic rings. The van der Waals surface area contributed by atoms with Crippen LogP contribution in [0.2, 0.25) is 0 Å². The molecule has 164 valence electrons. The average Bonchev–Trinajstić information content (AvgIpc) is 3.01. The average molecular weight is 421 g/mol. The van der Waals surface area contributed by atoms with E-state index in [0.29, 0.717) is 5.69 Å². The van der Waals surface area contributed by atoms with Crippen LogP contribution in [0.15, 0.2) is 36.5 Å². The van der Waals surface area contributed by atoms with Gasteiger partial charge in [-0.25, -0.2) is 4.79 Å². The summed E-state index contributed by atoms with van der Waals surface area (Å²) in [5, 5.41) is 0. The van der Waals surface area contributed by atoms with Gasteiger partial charge in [0.25, 0.3) is 6.47 Å². The predicted octanol–water partition coefficient (Wildman–Crippen LogP) is 2.04. The number of carbonyl (C=O) groups excluding carboxylic acids is 3. The lowest BCUT2D eigenvalue weighted by Crippen LogP contribution is -2.44. The van der Waals surface area contributed by atoms with Crippen molar-refractivity contribution in [1.82, 2.24) is 4.98 Å². The molecule has 0 radical (unpaired) electrons. The van der Waals surface area contributed by atoms with E-state index in [2.05, 4.69) is 11.6 Å².